The van der Waals surface area contributed by atoms with Crippen LogP contribution < -0.4 is 5.32 Å². The highest BCUT2D eigenvalue weighted by Crippen LogP contribution is 2.21. The van der Waals surface area contributed by atoms with Crippen LogP contribution in [-0.2, 0) is 6.42 Å². The van der Waals surface area contributed by atoms with Crippen LogP contribution in [0.5, 0.6) is 0 Å². The van der Waals surface area contributed by atoms with Gasteiger partial charge in [0.25, 0.3) is 5.91 Å². The molecule has 1 saturated heterocycles. The number of aromatic nitrogens is 4. The summed E-state index contributed by atoms with van der Waals surface area (Å²) in [4.78, 5) is 30.9. The van der Waals surface area contributed by atoms with Crippen molar-refractivity contribution >= 4 is 22.6 Å². The Morgan fingerprint density at radius 2 is 2.26 bits per heavy atom. The topological polar surface area (TPSA) is 86.8 Å². The van der Waals surface area contributed by atoms with Gasteiger partial charge in [0.1, 0.15) is 17.3 Å². The quantitative estimate of drug-likeness (QED) is 0.727. The van der Waals surface area contributed by atoms with Crippen molar-refractivity contribution in [2.24, 2.45) is 5.92 Å². The predicted molar refractivity (Wildman–Crippen MR) is 105 cm³/mol. The maximum Gasteiger partial charge on any atom is 0.270 e. The molecule has 7 heteroatoms. The summed E-state index contributed by atoms with van der Waals surface area (Å²) in [5, 5.41) is 4.38. The third kappa shape index (κ3) is 3.77. The van der Waals surface area contributed by atoms with Gasteiger partial charge in [0.15, 0.2) is 0 Å². The molecule has 3 aromatic heterocycles. The summed E-state index contributed by atoms with van der Waals surface area (Å²) in [5.41, 5.74) is 2.61. The Bertz CT molecular complexity index is 933. The van der Waals surface area contributed by atoms with E-state index in [1.54, 1.807) is 12.4 Å². The monoisotopic (exact) mass is 364 g/mol. The van der Waals surface area contributed by atoms with E-state index in [2.05, 4.69) is 32.2 Å². The Morgan fingerprint density at radius 3 is 3.07 bits per heavy atom. The molecule has 0 aromatic carbocycles. The van der Waals surface area contributed by atoms with Crippen molar-refractivity contribution in [3.8, 4) is 0 Å². The number of carbonyl (C=O) groups excluding carboxylic acids is 1. The van der Waals surface area contributed by atoms with Crippen molar-refractivity contribution in [2.45, 2.75) is 26.7 Å². The summed E-state index contributed by atoms with van der Waals surface area (Å²) in [6.07, 6.45) is 5.38. The van der Waals surface area contributed by atoms with Crippen molar-refractivity contribution in [2.75, 3.05) is 25.0 Å². The molecule has 3 aromatic rings. The van der Waals surface area contributed by atoms with Crippen molar-refractivity contribution in [3.05, 3.63) is 47.8 Å². The molecule has 0 aliphatic carbocycles. The van der Waals surface area contributed by atoms with Crippen LogP contribution in [0.2, 0.25) is 0 Å². The number of nitrogens with zero attached hydrogens (tertiary/aromatic N) is 4. The Kier molecular flexibility index (Phi) is 4.75. The Labute approximate surface area is 158 Å². The first-order valence-electron chi connectivity index (χ1n) is 9.43. The highest BCUT2D eigenvalue weighted by molar-refractivity contribution is 5.97. The molecule has 2 N–H and O–H groups in total. The lowest BCUT2D eigenvalue weighted by molar-refractivity contribution is 0.0783. The van der Waals surface area contributed by atoms with Gasteiger partial charge in [0.05, 0.1) is 0 Å². The number of carbonyl (C=O) groups is 1. The van der Waals surface area contributed by atoms with Gasteiger partial charge in [-0.2, -0.15) is 0 Å². The molecule has 1 aliphatic heterocycles. The van der Waals surface area contributed by atoms with Crippen LogP contribution in [0, 0.1) is 12.8 Å². The highest BCUT2D eigenvalue weighted by atomic mass is 16.2. The first-order chi connectivity index (χ1) is 13.1. The van der Waals surface area contributed by atoms with Crippen LogP contribution in [0.25, 0.3) is 10.9 Å². The average Bonchev–Trinajstić information content (AvgIpc) is 3.32. The summed E-state index contributed by atoms with van der Waals surface area (Å²) in [6.45, 7) is 6.34. The molecule has 4 rings (SSSR count). The predicted octanol–water partition coefficient (Wildman–Crippen LogP) is 2.80. The number of amides is 1. The van der Waals surface area contributed by atoms with Crippen LogP contribution >= 0.6 is 0 Å². The van der Waals surface area contributed by atoms with Gasteiger partial charge >= 0.3 is 0 Å². The lowest BCUT2D eigenvalue weighted by Crippen LogP contribution is -2.30. The van der Waals surface area contributed by atoms with Crippen molar-refractivity contribution in [1.29, 1.82) is 0 Å². The summed E-state index contributed by atoms with van der Waals surface area (Å²) in [7, 11) is 0. The Balaban J connectivity index is 1.37. The fourth-order valence-corrected chi connectivity index (χ4v) is 3.59. The maximum atomic E-state index is 12.8. The van der Waals surface area contributed by atoms with Crippen molar-refractivity contribution < 1.29 is 4.79 Å². The van der Waals surface area contributed by atoms with E-state index < -0.39 is 0 Å². The zero-order chi connectivity index (χ0) is 18.8. The largest absolute Gasteiger partial charge is 0.370 e. The number of likely N-dealkylation sites (tertiary alicyclic amines) is 1. The molecule has 0 radical (unpaired) electrons. The molecular weight excluding hydrogens is 340 g/mol. The van der Waals surface area contributed by atoms with E-state index in [0.717, 1.165) is 60.7 Å². The van der Waals surface area contributed by atoms with Crippen LogP contribution in [0.3, 0.4) is 0 Å². The molecule has 0 saturated carbocycles. The molecule has 1 aliphatic rings. The summed E-state index contributed by atoms with van der Waals surface area (Å²) in [5.74, 6) is 2.13. The van der Waals surface area contributed by atoms with E-state index in [-0.39, 0.29) is 5.91 Å². The number of hydrogen-bond donors (Lipinski definition) is 2. The maximum absolute atomic E-state index is 12.8. The minimum atomic E-state index is 0.0554. The zero-order valence-electron chi connectivity index (χ0n) is 15.7. The van der Waals surface area contributed by atoms with Crippen LogP contribution in [0.4, 0.5) is 5.82 Å². The van der Waals surface area contributed by atoms with E-state index in [1.807, 2.05) is 30.0 Å². The molecular formula is C20H24N6O. The second-order valence-electron chi connectivity index (χ2n) is 7.08. The molecule has 1 amide bonds. The van der Waals surface area contributed by atoms with Crippen molar-refractivity contribution in [3.63, 3.8) is 0 Å². The first-order valence-corrected chi connectivity index (χ1v) is 9.43. The average molecular weight is 364 g/mol. The van der Waals surface area contributed by atoms with E-state index in [0.29, 0.717) is 11.6 Å². The summed E-state index contributed by atoms with van der Waals surface area (Å²) >= 11 is 0. The number of fused-ring (bicyclic) bond motifs is 1. The summed E-state index contributed by atoms with van der Waals surface area (Å²) in [6, 6.07) is 5.77. The van der Waals surface area contributed by atoms with Gasteiger partial charge < -0.3 is 15.2 Å². The van der Waals surface area contributed by atoms with Crippen LogP contribution in [-0.4, -0.2) is 50.4 Å². The number of hydrogen-bond acceptors (Lipinski definition) is 5. The molecule has 0 spiro atoms. The molecule has 7 nitrogen and oxygen atoms in total. The fourth-order valence-electron chi connectivity index (χ4n) is 3.59. The third-order valence-electron chi connectivity index (χ3n) is 5.05. The Hall–Kier alpha value is -2.96. The third-order valence-corrected chi connectivity index (χ3v) is 5.05. The smallest absolute Gasteiger partial charge is 0.270 e. The van der Waals surface area contributed by atoms with E-state index in [1.165, 1.54) is 0 Å². The summed E-state index contributed by atoms with van der Waals surface area (Å²) < 4.78 is 0. The van der Waals surface area contributed by atoms with Gasteiger partial charge in [-0.05, 0) is 37.8 Å². The highest BCUT2D eigenvalue weighted by Gasteiger charge is 2.27. The number of nitrogens with one attached hydrogen (secondary N) is 2. The number of H-pyrrole nitrogens is 1. The molecule has 1 atom stereocenters. The van der Waals surface area contributed by atoms with Gasteiger partial charge in [-0.25, -0.2) is 9.97 Å². The minimum Gasteiger partial charge on any atom is -0.370 e. The lowest BCUT2D eigenvalue weighted by atomic mass is 10.1. The second-order valence-corrected chi connectivity index (χ2v) is 7.08. The number of aryl methyl sites for hydroxylation is 2. The molecule has 1 fully saturated rings. The van der Waals surface area contributed by atoms with E-state index >= 15 is 0 Å². The number of anilines is 1. The molecule has 1 unspecified atom stereocenters. The normalized spacial score (nSPS) is 16.8. The van der Waals surface area contributed by atoms with E-state index in [9.17, 15) is 4.79 Å². The van der Waals surface area contributed by atoms with Gasteiger partial charge in [-0.15, -0.1) is 0 Å². The number of rotatable bonds is 5. The molecule has 27 heavy (non-hydrogen) atoms. The van der Waals surface area contributed by atoms with E-state index in [4.69, 9.17) is 0 Å². The van der Waals surface area contributed by atoms with Crippen LogP contribution in [0.1, 0.15) is 35.4 Å². The van der Waals surface area contributed by atoms with Gasteiger partial charge in [-0.1, -0.05) is 6.92 Å². The SMILES string of the molecule is CCc1cc(NCC2CCN(C(=O)c3cc4cnccc4[nH]3)C2)nc(C)n1. The Morgan fingerprint density at radius 1 is 1.37 bits per heavy atom. The number of aromatic amines is 1. The van der Waals surface area contributed by atoms with Crippen molar-refractivity contribution in [1.82, 2.24) is 24.8 Å². The molecule has 4 heterocycles. The van der Waals surface area contributed by atoms with Gasteiger partial charge in [-0.3, -0.25) is 9.78 Å². The minimum absolute atomic E-state index is 0.0554. The molecule has 0 bridgehead atoms. The van der Waals surface area contributed by atoms with Gasteiger partial charge in [0.2, 0.25) is 0 Å². The lowest BCUT2D eigenvalue weighted by Gasteiger charge is -2.16. The molecule has 140 valence electrons. The zero-order valence-corrected chi connectivity index (χ0v) is 15.7. The number of pyridine rings is 1. The first kappa shape index (κ1) is 17.5. The second kappa shape index (κ2) is 7.34. The fraction of sp³-hybridized carbons (Fsp3) is 0.400. The van der Waals surface area contributed by atoms with Gasteiger partial charge in [0, 0.05) is 54.7 Å². The van der Waals surface area contributed by atoms with Crippen LogP contribution in [0.15, 0.2) is 30.6 Å². The standard InChI is InChI=1S/C20H24N6O/c1-3-16-9-19(24-13(2)23-16)22-10-14-5-7-26(12-14)20(27)18-8-15-11-21-6-4-17(15)25-18/h4,6,8-9,11,14,25H,3,5,7,10,12H2,1-2H3,(H,22,23,24).